The van der Waals surface area contributed by atoms with Crippen LogP contribution in [0.3, 0.4) is 0 Å². The molecule has 2 amide bonds. The van der Waals surface area contributed by atoms with E-state index in [1.807, 2.05) is 24.3 Å². The highest BCUT2D eigenvalue weighted by Crippen LogP contribution is 2.40. The molecule has 0 radical (unpaired) electrons. The maximum Gasteiger partial charge on any atom is 0.251 e. The van der Waals surface area contributed by atoms with Gasteiger partial charge in [-0.3, -0.25) is 9.59 Å². The Morgan fingerprint density at radius 2 is 1.84 bits per heavy atom. The molecule has 32 heavy (non-hydrogen) atoms. The number of benzene rings is 2. The van der Waals surface area contributed by atoms with Gasteiger partial charge in [-0.15, -0.1) is 0 Å². The van der Waals surface area contributed by atoms with Gasteiger partial charge in [0.05, 0.1) is 18.1 Å². The predicted molar refractivity (Wildman–Crippen MR) is 119 cm³/mol. The van der Waals surface area contributed by atoms with Crippen LogP contribution in [0.15, 0.2) is 65.9 Å². The topological polar surface area (TPSA) is 99.9 Å². The number of hydrogen-bond donors (Lipinski definition) is 2. The summed E-state index contributed by atoms with van der Waals surface area (Å²) in [5, 5.41) is 3.51. The van der Waals surface area contributed by atoms with Crippen LogP contribution in [0.4, 0.5) is 0 Å². The second-order valence-corrected chi connectivity index (χ2v) is 8.19. The first-order valence-electron chi connectivity index (χ1n) is 10.1. The van der Waals surface area contributed by atoms with Gasteiger partial charge in [-0.2, -0.15) is 0 Å². The van der Waals surface area contributed by atoms with Gasteiger partial charge in [0, 0.05) is 11.6 Å². The summed E-state index contributed by atoms with van der Waals surface area (Å²) in [6.07, 6.45) is 3.77. The molecule has 1 heterocycles. The molecule has 166 valence electrons. The number of halogens is 1. The highest BCUT2D eigenvalue weighted by molar-refractivity contribution is 6.30. The summed E-state index contributed by atoms with van der Waals surface area (Å²) in [6, 6.07) is 12.7. The zero-order valence-electron chi connectivity index (χ0n) is 17.5. The smallest absolute Gasteiger partial charge is 0.251 e. The van der Waals surface area contributed by atoms with E-state index in [0.717, 1.165) is 11.1 Å². The predicted octanol–water partition coefficient (Wildman–Crippen LogP) is 3.26. The van der Waals surface area contributed by atoms with E-state index in [-0.39, 0.29) is 19.1 Å². The van der Waals surface area contributed by atoms with Crippen molar-refractivity contribution in [1.82, 2.24) is 5.32 Å². The molecular weight excluding hydrogens is 432 g/mol. The third-order valence-corrected chi connectivity index (χ3v) is 5.90. The van der Waals surface area contributed by atoms with Crippen LogP contribution in [0.5, 0.6) is 11.5 Å². The third kappa shape index (κ3) is 4.43. The Hall–Kier alpha value is -3.45. The summed E-state index contributed by atoms with van der Waals surface area (Å²) < 4.78 is 16.2. The van der Waals surface area contributed by atoms with E-state index in [4.69, 9.17) is 31.5 Å². The number of fused-ring (bicyclic) bond motifs is 1. The fourth-order valence-electron chi connectivity index (χ4n) is 3.86. The fourth-order valence-corrected chi connectivity index (χ4v) is 3.99. The first-order chi connectivity index (χ1) is 15.4. The van der Waals surface area contributed by atoms with E-state index < -0.39 is 11.3 Å². The van der Waals surface area contributed by atoms with Gasteiger partial charge in [-0.1, -0.05) is 35.9 Å². The Morgan fingerprint density at radius 1 is 1.12 bits per heavy atom. The van der Waals surface area contributed by atoms with E-state index in [9.17, 15) is 9.59 Å². The number of allylic oxidation sites excluding steroid dienone is 1. The Kier molecular flexibility index (Phi) is 6.10. The molecule has 1 atom stereocenters. The van der Waals surface area contributed by atoms with Crippen LogP contribution in [0, 0.1) is 5.41 Å². The minimum absolute atomic E-state index is 0.114. The second-order valence-electron chi connectivity index (χ2n) is 7.75. The minimum Gasteiger partial charge on any atom is -0.496 e. The number of nitrogens with one attached hydrogen (secondary N) is 1. The van der Waals surface area contributed by atoms with Crippen LogP contribution in [0.1, 0.15) is 17.5 Å². The summed E-state index contributed by atoms with van der Waals surface area (Å²) in [5.74, 6) is 0.837. The molecule has 0 aromatic heterocycles. The number of ether oxygens (including phenoxy) is 3. The summed E-state index contributed by atoms with van der Waals surface area (Å²) in [4.78, 5) is 25.6. The van der Waals surface area contributed by atoms with Crippen molar-refractivity contribution < 1.29 is 23.8 Å². The van der Waals surface area contributed by atoms with E-state index in [0.29, 0.717) is 40.8 Å². The molecule has 1 aliphatic heterocycles. The van der Waals surface area contributed by atoms with E-state index in [2.05, 4.69) is 5.32 Å². The van der Waals surface area contributed by atoms with Crippen molar-refractivity contribution in [3.05, 3.63) is 82.1 Å². The lowest BCUT2D eigenvalue weighted by Gasteiger charge is -2.32. The quantitative estimate of drug-likeness (QED) is 0.668. The molecular formula is C24H23ClN2O5. The number of carbonyl (C=O) groups excluding carboxylic acids is 2. The summed E-state index contributed by atoms with van der Waals surface area (Å²) in [5.41, 5.74) is 6.87. The third-order valence-electron chi connectivity index (χ3n) is 5.65. The highest BCUT2D eigenvalue weighted by atomic mass is 35.5. The number of carbonyl (C=O) groups is 2. The average molecular weight is 455 g/mol. The van der Waals surface area contributed by atoms with E-state index in [1.54, 1.807) is 30.4 Å². The van der Waals surface area contributed by atoms with Crippen LogP contribution < -0.4 is 20.5 Å². The van der Waals surface area contributed by atoms with Crippen molar-refractivity contribution >= 4 is 23.4 Å². The zero-order valence-corrected chi connectivity index (χ0v) is 18.3. The first kappa shape index (κ1) is 21.8. The molecule has 2 aliphatic rings. The van der Waals surface area contributed by atoms with Crippen molar-refractivity contribution in [1.29, 1.82) is 0 Å². The Balaban J connectivity index is 1.54. The van der Waals surface area contributed by atoms with Gasteiger partial charge in [0.2, 0.25) is 12.7 Å². The number of primary amides is 1. The number of rotatable bonds is 7. The molecule has 3 N–H and O–H groups in total. The maximum atomic E-state index is 13.0. The highest BCUT2D eigenvalue weighted by Gasteiger charge is 2.40. The number of methoxy groups -OCH3 is 1. The summed E-state index contributed by atoms with van der Waals surface area (Å²) >= 11 is 5.92. The zero-order chi connectivity index (χ0) is 22.7. The molecule has 2 aromatic rings. The van der Waals surface area contributed by atoms with Gasteiger partial charge in [0.1, 0.15) is 5.76 Å². The molecule has 0 bridgehead atoms. The molecule has 0 saturated heterocycles. The molecule has 4 rings (SSSR count). The lowest BCUT2D eigenvalue weighted by molar-refractivity contribution is -0.125. The normalized spacial score (nSPS) is 19.1. The van der Waals surface area contributed by atoms with Gasteiger partial charge >= 0.3 is 0 Å². The maximum absolute atomic E-state index is 13.0. The standard InChI is InChI=1S/C24H23ClN2O5/c1-30-19-8-9-24(23(26)29,11-16-4-7-20-21(10-16)32-14-31-20)12-18(19)22(28)27-13-15-2-5-17(25)6-3-15/h2-10H,11-14H2,1H3,(H2,26,29)(H,27,28). The van der Waals surface area contributed by atoms with Gasteiger partial charge in [0.25, 0.3) is 5.91 Å². The van der Waals surface area contributed by atoms with Crippen molar-refractivity contribution in [3.63, 3.8) is 0 Å². The molecule has 0 fully saturated rings. The van der Waals surface area contributed by atoms with E-state index in [1.165, 1.54) is 7.11 Å². The molecule has 1 aliphatic carbocycles. The average Bonchev–Trinajstić information content (AvgIpc) is 3.26. The number of hydrogen-bond acceptors (Lipinski definition) is 5. The molecule has 1 unspecified atom stereocenters. The number of nitrogens with two attached hydrogens (primary N) is 1. The van der Waals surface area contributed by atoms with Crippen LogP contribution in [-0.2, 0) is 27.3 Å². The molecule has 2 aromatic carbocycles. The summed E-state index contributed by atoms with van der Waals surface area (Å²) in [6.45, 7) is 0.476. The largest absolute Gasteiger partial charge is 0.496 e. The molecule has 7 nitrogen and oxygen atoms in total. The van der Waals surface area contributed by atoms with Gasteiger partial charge in [0.15, 0.2) is 11.5 Å². The lowest BCUT2D eigenvalue weighted by atomic mass is 9.72. The Bertz CT molecular complexity index is 1110. The van der Waals surface area contributed by atoms with E-state index >= 15 is 0 Å². The second kappa shape index (κ2) is 8.96. The first-order valence-corrected chi connectivity index (χ1v) is 10.5. The minimum atomic E-state index is -1.08. The SMILES string of the molecule is COC1=C(C(=O)NCc2ccc(Cl)cc2)CC(Cc2ccc3c(c2)OCO3)(C(N)=O)C=C1. The number of amides is 2. The van der Waals surface area contributed by atoms with Crippen molar-refractivity contribution in [3.8, 4) is 11.5 Å². The van der Waals surface area contributed by atoms with Crippen LogP contribution in [0.2, 0.25) is 5.02 Å². The Morgan fingerprint density at radius 3 is 2.56 bits per heavy atom. The molecule has 0 spiro atoms. The monoisotopic (exact) mass is 454 g/mol. The fraction of sp³-hybridized carbons (Fsp3) is 0.250. The molecule has 0 saturated carbocycles. The van der Waals surface area contributed by atoms with Crippen molar-refractivity contribution in [2.75, 3.05) is 13.9 Å². The molecule has 8 heteroatoms. The Labute approximate surface area is 190 Å². The van der Waals surface area contributed by atoms with Crippen LogP contribution in [-0.4, -0.2) is 25.7 Å². The van der Waals surface area contributed by atoms with Crippen molar-refractivity contribution in [2.24, 2.45) is 11.1 Å². The lowest BCUT2D eigenvalue weighted by Crippen LogP contribution is -2.41. The van der Waals surface area contributed by atoms with Gasteiger partial charge < -0.3 is 25.3 Å². The van der Waals surface area contributed by atoms with Crippen LogP contribution in [0.25, 0.3) is 0 Å². The van der Waals surface area contributed by atoms with Gasteiger partial charge in [-0.05, 0) is 54.3 Å². The van der Waals surface area contributed by atoms with Crippen LogP contribution >= 0.6 is 11.6 Å². The van der Waals surface area contributed by atoms with Gasteiger partial charge in [-0.25, -0.2) is 0 Å². The summed E-state index contributed by atoms with van der Waals surface area (Å²) in [7, 11) is 1.49. The van der Waals surface area contributed by atoms with Crippen molar-refractivity contribution in [2.45, 2.75) is 19.4 Å².